The molecule has 1 aliphatic rings. The van der Waals surface area contributed by atoms with E-state index in [0.717, 1.165) is 55.0 Å². The number of nitriles is 1. The van der Waals surface area contributed by atoms with Crippen LogP contribution in [0.5, 0.6) is 0 Å². The Kier molecular flexibility index (Phi) is 4.59. The highest BCUT2D eigenvalue weighted by Gasteiger charge is 2.23. The summed E-state index contributed by atoms with van der Waals surface area (Å²) in [6.07, 6.45) is 1.99. The molecule has 26 heavy (non-hydrogen) atoms. The van der Waals surface area contributed by atoms with E-state index < -0.39 is 0 Å². The maximum absolute atomic E-state index is 9.39. The molecule has 0 amide bonds. The lowest BCUT2D eigenvalue weighted by atomic mass is 9.98. The molecule has 0 atom stereocenters. The van der Waals surface area contributed by atoms with Crippen molar-refractivity contribution in [3.05, 3.63) is 59.7 Å². The van der Waals surface area contributed by atoms with Crippen LogP contribution in [0.25, 0.3) is 11.0 Å². The predicted molar refractivity (Wildman–Crippen MR) is 102 cm³/mol. The lowest BCUT2D eigenvalue weighted by Crippen LogP contribution is -2.36. The molecule has 4 rings (SSSR count). The predicted octanol–water partition coefficient (Wildman–Crippen LogP) is 3.16. The molecule has 0 radical (unpaired) electrons. The first-order valence-corrected chi connectivity index (χ1v) is 9.08. The molecule has 3 aromatic rings. The molecule has 0 spiro atoms. The molecule has 2 heterocycles. The van der Waals surface area contributed by atoms with Crippen LogP contribution in [0.2, 0.25) is 0 Å². The topological polar surface area (TPSA) is 65.1 Å². The minimum absolute atomic E-state index is 0.273. The molecule has 0 bridgehead atoms. The van der Waals surface area contributed by atoms with Crippen LogP contribution in [0.4, 0.5) is 5.95 Å². The minimum atomic E-state index is 0.273. The van der Waals surface area contributed by atoms with E-state index in [-0.39, 0.29) is 6.61 Å². The third-order valence-electron chi connectivity index (χ3n) is 5.21. The number of imidazole rings is 1. The Hall–Kier alpha value is -2.84. The Bertz CT molecular complexity index is 931. The van der Waals surface area contributed by atoms with Crippen molar-refractivity contribution in [1.82, 2.24) is 9.55 Å². The van der Waals surface area contributed by atoms with E-state index in [9.17, 15) is 5.11 Å². The standard InChI is InChI=1S/C21H22N4O/c22-13-16-5-7-17(8-6-16)14-25-20-4-2-1-3-19(20)23-21(25)24-11-9-18(15-26)10-12-24/h1-8,18,26H,9-12,14-15H2. The van der Waals surface area contributed by atoms with Crippen molar-refractivity contribution >= 4 is 17.0 Å². The highest BCUT2D eigenvalue weighted by Crippen LogP contribution is 2.27. The van der Waals surface area contributed by atoms with E-state index in [1.54, 1.807) is 0 Å². The summed E-state index contributed by atoms with van der Waals surface area (Å²) in [6.45, 7) is 2.83. The number of piperidine rings is 1. The minimum Gasteiger partial charge on any atom is -0.396 e. The fourth-order valence-corrected chi connectivity index (χ4v) is 3.64. The van der Waals surface area contributed by atoms with Gasteiger partial charge in [-0.05, 0) is 48.6 Å². The van der Waals surface area contributed by atoms with Crippen LogP contribution < -0.4 is 4.90 Å². The summed E-state index contributed by atoms with van der Waals surface area (Å²) in [7, 11) is 0. The van der Waals surface area contributed by atoms with Crippen LogP contribution in [0.3, 0.4) is 0 Å². The van der Waals surface area contributed by atoms with Gasteiger partial charge in [0, 0.05) is 19.7 Å². The van der Waals surface area contributed by atoms with Gasteiger partial charge in [-0.25, -0.2) is 4.98 Å². The summed E-state index contributed by atoms with van der Waals surface area (Å²) in [5, 5.41) is 18.4. The number of rotatable bonds is 4. The smallest absolute Gasteiger partial charge is 0.206 e. The lowest BCUT2D eigenvalue weighted by Gasteiger charge is -2.32. The van der Waals surface area contributed by atoms with Gasteiger partial charge < -0.3 is 14.6 Å². The first kappa shape index (κ1) is 16.6. The zero-order valence-corrected chi connectivity index (χ0v) is 14.7. The highest BCUT2D eigenvalue weighted by atomic mass is 16.3. The van der Waals surface area contributed by atoms with Crippen molar-refractivity contribution in [2.24, 2.45) is 5.92 Å². The fourth-order valence-electron chi connectivity index (χ4n) is 3.64. The van der Waals surface area contributed by atoms with Gasteiger partial charge >= 0.3 is 0 Å². The second-order valence-corrected chi connectivity index (χ2v) is 6.91. The highest BCUT2D eigenvalue weighted by molar-refractivity contribution is 5.79. The number of nitrogens with zero attached hydrogens (tertiary/aromatic N) is 4. The molecule has 132 valence electrons. The molecule has 1 aromatic heterocycles. The maximum Gasteiger partial charge on any atom is 0.206 e. The third kappa shape index (κ3) is 3.16. The number of fused-ring (bicyclic) bond motifs is 1. The number of benzene rings is 2. The van der Waals surface area contributed by atoms with Gasteiger partial charge in [0.25, 0.3) is 0 Å². The van der Waals surface area contributed by atoms with Gasteiger partial charge in [-0.15, -0.1) is 0 Å². The molecule has 0 saturated carbocycles. The van der Waals surface area contributed by atoms with Crippen molar-refractivity contribution < 1.29 is 5.11 Å². The number of para-hydroxylation sites is 2. The van der Waals surface area contributed by atoms with Crippen LogP contribution in [0.15, 0.2) is 48.5 Å². The number of aliphatic hydroxyl groups excluding tert-OH is 1. The second kappa shape index (κ2) is 7.19. The van der Waals surface area contributed by atoms with Crippen LogP contribution in [-0.4, -0.2) is 34.4 Å². The van der Waals surface area contributed by atoms with Gasteiger partial charge in [-0.2, -0.15) is 5.26 Å². The largest absolute Gasteiger partial charge is 0.396 e. The maximum atomic E-state index is 9.39. The average Bonchev–Trinajstić information content (AvgIpc) is 3.07. The average molecular weight is 346 g/mol. The van der Waals surface area contributed by atoms with Gasteiger partial charge in [-0.1, -0.05) is 24.3 Å². The Labute approximate surface area is 153 Å². The normalized spacial score (nSPS) is 15.3. The van der Waals surface area contributed by atoms with E-state index in [4.69, 9.17) is 10.2 Å². The summed E-state index contributed by atoms with van der Waals surface area (Å²) >= 11 is 0. The van der Waals surface area contributed by atoms with Crippen LogP contribution in [0, 0.1) is 17.2 Å². The zero-order chi connectivity index (χ0) is 17.9. The van der Waals surface area contributed by atoms with Gasteiger partial charge in [0.1, 0.15) is 0 Å². The summed E-state index contributed by atoms with van der Waals surface area (Å²) in [5.41, 5.74) is 3.95. The van der Waals surface area contributed by atoms with Gasteiger partial charge in [0.05, 0.1) is 29.2 Å². The van der Waals surface area contributed by atoms with Gasteiger partial charge in [0.2, 0.25) is 5.95 Å². The van der Waals surface area contributed by atoms with Crippen molar-refractivity contribution in [3.63, 3.8) is 0 Å². The number of hydrogen-bond donors (Lipinski definition) is 1. The van der Waals surface area contributed by atoms with Crippen LogP contribution in [0.1, 0.15) is 24.0 Å². The first-order valence-electron chi connectivity index (χ1n) is 9.08. The van der Waals surface area contributed by atoms with Gasteiger partial charge in [-0.3, -0.25) is 0 Å². The van der Waals surface area contributed by atoms with Crippen LogP contribution >= 0.6 is 0 Å². The fraction of sp³-hybridized carbons (Fsp3) is 0.333. The Morgan fingerprint density at radius 2 is 1.81 bits per heavy atom. The lowest BCUT2D eigenvalue weighted by molar-refractivity contribution is 0.202. The number of anilines is 1. The number of aromatic nitrogens is 2. The van der Waals surface area contributed by atoms with E-state index in [0.29, 0.717) is 11.5 Å². The van der Waals surface area contributed by atoms with E-state index >= 15 is 0 Å². The molecular formula is C21H22N4O. The number of aliphatic hydroxyl groups is 1. The van der Waals surface area contributed by atoms with Crippen molar-refractivity contribution in [2.45, 2.75) is 19.4 Å². The molecular weight excluding hydrogens is 324 g/mol. The quantitative estimate of drug-likeness (QED) is 0.788. The van der Waals surface area contributed by atoms with Crippen molar-refractivity contribution in [1.29, 1.82) is 5.26 Å². The number of hydrogen-bond acceptors (Lipinski definition) is 4. The Morgan fingerprint density at radius 1 is 1.08 bits per heavy atom. The molecule has 1 saturated heterocycles. The van der Waals surface area contributed by atoms with E-state index in [2.05, 4.69) is 27.7 Å². The third-order valence-corrected chi connectivity index (χ3v) is 5.21. The first-order chi connectivity index (χ1) is 12.8. The Balaban J connectivity index is 1.68. The zero-order valence-electron chi connectivity index (χ0n) is 14.7. The molecule has 0 aliphatic carbocycles. The summed E-state index contributed by atoms with van der Waals surface area (Å²) in [5.74, 6) is 1.40. The van der Waals surface area contributed by atoms with E-state index in [1.165, 1.54) is 0 Å². The molecule has 5 nitrogen and oxygen atoms in total. The SMILES string of the molecule is N#Cc1ccc(Cn2c(N3CCC(CO)CC3)nc3ccccc32)cc1. The monoisotopic (exact) mass is 346 g/mol. The molecule has 1 fully saturated rings. The summed E-state index contributed by atoms with van der Waals surface area (Å²) in [6, 6.07) is 18.1. The van der Waals surface area contributed by atoms with Crippen molar-refractivity contribution in [2.75, 3.05) is 24.6 Å². The second-order valence-electron chi connectivity index (χ2n) is 6.91. The molecule has 1 N–H and O–H groups in total. The summed E-state index contributed by atoms with van der Waals surface area (Å²) in [4.78, 5) is 7.22. The summed E-state index contributed by atoms with van der Waals surface area (Å²) < 4.78 is 2.26. The molecule has 2 aromatic carbocycles. The van der Waals surface area contributed by atoms with Gasteiger partial charge in [0.15, 0.2) is 0 Å². The van der Waals surface area contributed by atoms with Crippen LogP contribution in [-0.2, 0) is 6.54 Å². The molecule has 1 aliphatic heterocycles. The molecule has 5 heteroatoms. The Morgan fingerprint density at radius 3 is 2.50 bits per heavy atom. The molecule has 0 unspecified atom stereocenters. The van der Waals surface area contributed by atoms with Crippen molar-refractivity contribution in [3.8, 4) is 6.07 Å². The van der Waals surface area contributed by atoms with E-state index in [1.807, 2.05) is 36.4 Å².